The first-order chi connectivity index (χ1) is 17.6. The van der Waals surface area contributed by atoms with Crippen LogP contribution in [0.3, 0.4) is 0 Å². The average Bonchev–Trinajstić information content (AvgIpc) is 2.89. The molecule has 2 aliphatic carbocycles. The van der Waals surface area contributed by atoms with Crippen molar-refractivity contribution in [3.63, 3.8) is 0 Å². The number of aliphatic hydroxyl groups is 1. The number of hydrogen-bond acceptors (Lipinski definition) is 6. The number of carbonyl (C=O) groups excluding carboxylic acids is 1. The van der Waals surface area contributed by atoms with E-state index in [-0.39, 0.29) is 17.4 Å². The molecule has 2 heterocycles. The van der Waals surface area contributed by atoms with Gasteiger partial charge in [-0.2, -0.15) is 0 Å². The minimum atomic E-state index is -1.11. The van der Waals surface area contributed by atoms with Crippen LogP contribution >= 0.6 is 0 Å². The third-order valence-corrected chi connectivity index (χ3v) is 9.34. The summed E-state index contributed by atoms with van der Waals surface area (Å²) in [5.74, 6) is 1.16. The van der Waals surface area contributed by atoms with Crippen LogP contribution in [0.4, 0.5) is 0 Å². The number of aromatic hydroxyl groups is 1. The molecule has 7 heteroatoms. The summed E-state index contributed by atoms with van der Waals surface area (Å²) in [6, 6.07) is 6.75. The number of piperidine rings is 1. The van der Waals surface area contributed by atoms with E-state index in [1.807, 2.05) is 27.0 Å². The second-order valence-electron chi connectivity index (χ2n) is 11.5. The molecule has 37 heavy (non-hydrogen) atoms. The van der Waals surface area contributed by atoms with Gasteiger partial charge in [0.05, 0.1) is 11.2 Å². The Kier molecular flexibility index (Phi) is 8.26. The zero-order valence-corrected chi connectivity index (χ0v) is 22.8. The van der Waals surface area contributed by atoms with Gasteiger partial charge < -0.3 is 25.4 Å². The predicted octanol–water partition coefficient (Wildman–Crippen LogP) is 3.48. The fraction of sp³-hybridized carbons (Fsp3) is 0.600. The molecule has 0 bridgehead atoms. The van der Waals surface area contributed by atoms with E-state index in [9.17, 15) is 19.8 Å². The molecule has 0 amide bonds. The molecule has 3 unspecified atom stereocenters. The van der Waals surface area contributed by atoms with Gasteiger partial charge in [-0.3, -0.25) is 9.59 Å². The highest BCUT2D eigenvalue weighted by Crippen LogP contribution is 2.53. The van der Waals surface area contributed by atoms with Crippen LogP contribution < -0.4 is 10.9 Å². The van der Waals surface area contributed by atoms with Gasteiger partial charge in [-0.15, -0.1) is 0 Å². The lowest BCUT2D eigenvalue weighted by atomic mass is 9.53. The highest BCUT2D eigenvalue weighted by atomic mass is 16.3. The van der Waals surface area contributed by atoms with E-state index in [1.54, 1.807) is 18.2 Å². The minimum absolute atomic E-state index is 0.0835. The number of carbonyl (C=O) groups is 1. The Morgan fingerprint density at radius 1 is 1.19 bits per heavy atom. The molecule has 3 aliphatic rings. The number of aromatic amines is 1. The molecule has 7 nitrogen and oxygen atoms in total. The molecule has 202 valence electrons. The van der Waals surface area contributed by atoms with Crippen molar-refractivity contribution in [2.45, 2.75) is 82.3 Å². The molecule has 2 fully saturated rings. The maximum atomic E-state index is 12.2. The molecule has 2 aromatic rings. The number of aryl methyl sites for hydroxylation is 1. The van der Waals surface area contributed by atoms with Crippen LogP contribution in [0.2, 0.25) is 0 Å². The summed E-state index contributed by atoms with van der Waals surface area (Å²) in [5, 5.41) is 25.5. The zero-order valence-electron chi connectivity index (χ0n) is 22.8. The van der Waals surface area contributed by atoms with E-state index in [2.05, 4.69) is 22.2 Å². The second kappa shape index (κ2) is 11.1. The van der Waals surface area contributed by atoms with Crippen molar-refractivity contribution >= 4 is 6.29 Å². The Morgan fingerprint density at radius 3 is 2.59 bits per heavy atom. The molecule has 4 N–H and O–H groups in total. The highest BCUT2D eigenvalue weighted by Gasteiger charge is 2.60. The quantitative estimate of drug-likeness (QED) is 0.471. The van der Waals surface area contributed by atoms with Gasteiger partial charge in [0.15, 0.2) is 6.29 Å². The lowest BCUT2D eigenvalue weighted by Gasteiger charge is -2.59. The molecule has 0 spiro atoms. The number of aromatic nitrogens is 1. The van der Waals surface area contributed by atoms with Crippen molar-refractivity contribution in [1.29, 1.82) is 0 Å². The van der Waals surface area contributed by atoms with E-state index < -0.39 is 16.6 Å². The van der Waals surface area contributed by atoms with Gasteiger partial charge in [0, 0.05) is 30.0 Å². The molecule has 0 radical (unpaired) electrons. The summed E-state index contributed by atoms with van der Waals surface area (Å²) >= 11 is 0. The number of pyridine rings is 1. The summed E-state index contributed by atoms with van der Waals surface area (Å²) in [7, 11) is 4.05. The SMILES string of the molecule is CNCC1CCCCC1.Cc1ccc(O)cc1C12CCN(C)C(C)C1(O)Cc1cc(C=O)c(=O)[nH]c1C2. The Labute approximate surface area is 220 Å². The van der Waals surface area contributed by atoms with Crippen LogP contribution in [0.5, 0.6) is 5.75 Å². The Morgan fingerprint density at radius 2 is 1.92 bits per heavy atom. The number of phenolic OH excluding ortho intramolecular Hbond substituents is 1. The smallest absolute Gasteiger partial charge is 0.258 e. The molecule has 1 aliphatic heterocycles. The number of likely N-dealkylation sites (N-methyl/N-ethyl adjacent to an activating group) is 1. The van der Waals surface area contributed by atoms with Crippen LogP contribution in [0.15, 0.2) is 29.1 Å². The van der Waals surface area contributed by atoms with Gasteiger partial charge in [0.1, 0.15) is 5.75 Å². The van der Waals surface area contributed by atoms with E-state index in [4.69, 9.17) is 0 Å². The zero-order chi connectivity index (χ0) is 26.8. The average molecular weight is 510 g/mol. The number of benzene rings is 1. The summed E-state index contributed by atoms with van der Waals surface area (Å²) < 4.78 is 0. The van der Waals surface area contributed by atoms with Crippen molar-refractivity contribution in [1.82, 2.24) is 15.2 Å². The first-order valence-corrected chi connectivity index (χ1v) is 13.7. The monoisotopic (exact) mass is 509 g/mol. The second-order valence-corrected chi connectivity index (χ2v) is 11.5. The topological polar surface area (TPSA) is 106 Å². The summed E-state index contributed by atoms with van der Waals surface area (Å²) in [5.41, 5.74) is 1.43. The Balaban J connectivity index is 0.000000301. The molecule has 1 aromatic carbocycles. The van der Waals surface area contributed by atoms with Crippen LogP contribution in [-0.2, 0) is 18.3 Å². The van der Waals surface area contributed by atoms with Crippen LogP contribution in [0.1, 0.15) is 78.2 Å². The molecule has 3 atom stereocenters. The normalized spacial score (nSPS) is 28.0. The number of fused-ring (bicyclic) bond motifs is 2. The van der Waals surface area contributed by atoms with Gasteiger partial charge in [0.2, 0.25) is 0 Å². The van der Waals surface area contributed by atoms with Gasteiger partial charge in [-0.05, 0) is 101 Å². The van der Waals surface area contributed by atoms with Crippen LogP contribution in [0.25, 0.3) is 0 Å². The summed E-state index contributed by atoms with van der Waals surface area (Å²) in [4.78, 5) is 28.5. The molecule has 1 saturated heterocycles. The van der Waals surface area contributed by atoms with Crippen molar-refractivity contribution in [3.8, 4) is 5.75 Å². The largest absolute Gasteiger partial charge is 0.508 e. The predicted molar refractivity (Wildman–Crippen MR) is 147 cm³/mol. The third kappa shape index (κ3) is 5.14. The van der Waals surface area contributed by atoms with Gasteiger partial charge in [-0.1, -0.05) is 25.3 Å². The van der Waals surface area contributed by atoms with E-state index in [1.165, 1.54) is 38.6 Å². The number of hydrogen-bond donors (Lipinski definition) is 4. The van der Waals surface area contributed by atoms with Crippen LogP contribution in [0, 0.1) is 12.8 Å². The molecule has 5 rings (SSSR count). The standard InChI is InChI=1S/C22H26N2O4.C8H17N/c1-13-4-5-17(26)9-18(13)21-6-7-24(3)14(2)22(21,28)10-15-8-16(12-25)20(27)23-19(15)11-21;1-9-7-8-5-3-2-4-6-8/h4-5,8-9,12,14,26,28H,6-7,10-11H2,1-3H3,(H,23,27);8-9H,2-7H2,1H3. The molecule has 1 saturated carbocycles. The highest BCUT2D eigenvalue weighted by molar-refractivity contribution is 5.74. The maximum Gasteiger partial charge on any atom is 0.258 e. The number of H-pyrrole nitrogens is 1. The number of nitrogens with zero attached hydrogens (tertiary/aromatic N) is 1. The van der Waals surface area contributed by atoms with Gasteiger partial charge in [0.25, 0.3) is 5.56 Å². The van der Waals surface area contributed by atoms with Gasteiger partial charge in [-0.25, -0.2) is 0 Å². The van der Waals surface area contributed by atoms with Crippen LogP contribution in [-0.4, -0.2) is 65.2 Å². The first kappa shape index (κ1) is 27.6. The molecular formula is C30H43N3O4. The third-order valence-electron chi connectivity index (χ3n) is 9.34. The van der Waals surface area contributed by atoms with Crippen molar-refractivity contribution < 1.29 is 15.0 Å². The van der Waals surface area contributed by atoms with Gasteiger partial charge >= 0.3 is 0 Å². The fourth-order valence-electron chi connectivity index (χ4n) is 6.99. The maximum absolute atomic E-state index is 12.2. The van der Waals surface area contributed by atoms with E-state index in [0.29, 0.717) is 25.5 Å². The van der Waals surface area contributed by atoms with Crippen molar-refractivity contribution in [2.75, 3.05) is 27.2 Å². The summed E-state index contributed by atoms with van der Waals surface area (Å²) in [6.07, 6.45) is 9.36. The Bertz CT molecular complexity index is 1170. The first-order valence-electron chi connectivity index (χ1n) is 13.7. The van der Waals surface area contributed by atoms with Crippen molar-refractivity contribution in [3.05, 3.63) is 62.6 Å². The van der Waals surface area contributed by atoms with E-state index >= 15 is 0 Å². The molecule has 1 aromatic heterocycles. The number of likely N-dealkylation sites (tertiary alicyclic amines) is 1. The van der Waals surface area contributed by atoms with Crippen molar-refractivity contribution in [2.24, 2.45) is 5.92 Å². The lowest BCUT2D eigenvalue weighted by molar-refractivity contribution is -0.132. The Hall–Kier alpha value is -2.48. The number of nitrogens with one attached hydrogen (secondary N) is 2. The number of aldehydes is 1. The summed E-state index contributed by atoms with van der Waals surface area (Å²) in [6.45, 7) is 6.04. The fourth-order valence-corrected chi connectivity index (χ4v) is 6.99. The lowest BCUT2D eigenvalue weighted by Crippen LogP contribution is -2.70. The molecular weight excluding hydrogens is 466 g/mol. The number of rotatable bonds is 4. The minimum Gasteiger partial charge on any atom is -0.508 e. The van der Waals surface area contributed by atoms with E-state index in [0.717, 1.165) is 34.8 Å². The number of phenols is 1.